The van der Waals surface area contributed by atoms with Gasteiger partial charge in [-0.25, -0.2) is 19.9 Å². The molecule has 4 atom stereocenters. The van der Waals surface area contributed by atoms with Crippen LogP contribution in [0.25, 0.3) is 33.9 Å². The van der Waals surface area contributed by atoms with Gasteiger partial charge in [0.05, 0.1) is 43.3 Å². The number of hydrogen-bond donors (Lipinski definition) is 5. The average Bonchev–Trinajstić information content (AvgIpc) is 4.14. The summed E-state index contributed by atoms with van der Waals surface area (Å²) in [5.41, 5.74) is 3.74. The van der Waals surface area contributed by atoms with Crippen molar-refractivity contribution in [2.24, 2.45) is 4.99 Å². The lowest BCUT2D eigenvalue weighted by molar-refractivity contribution is -0.137. The molecular formula is C42H46BF2N9O8S. The molecule has 0 unspecified atom stereocenters. The maximum atomic E-state index is 14.0. The van der Waals surface area contributed by atoms with Crippen molar-refractivity contribution >= 4 is 65.4 Å². The molecule has 0 aliphatic carbocycles. The number of halogens is 2. The summed E-state index contributed by atoms with van der Waals surface area (Å²) in [5, 5.41) is 31.4. The number of benzene rings is 1. The van der Waals surface area contributed by atoms with Crippen molar-refractivity contribution in [3.63, 3.8) is 0 Å². The standard InChI is InChI=1S/C42H46BF2N9O8S/c1-2-46-41(58)38-36(56)37(57)42(62-38)53-26-51-35-39(49-25-50-40(35)53)48-17-19-60-21-20-59-18-4-16-47-34(55)24-61-31-13-7-27(8-14-31)6-9-28-10-11-29(52-28)23-30-12-15-32(54(30)43(44)45)33-5-3-22-63-33/h3,5-15,22-23,25-26,36-38,42,56-57H,2,4,16-21,24H2,1H3,(H,46,58)(H,47,55)(H,48,49,50)/b9-6+,29-23-/t36-,37+,38-,42+/m0/s1. The molecule has 5 aromatic rings. The van der Waals surface area contributed by atoms with E-state index in [4.69, 9.17) is 18.9 Å². The van der Waals surface area contributed by atoms with Crippen LogP contribution >= 0.6 is 11.3 Å². The fourth-order valence-electron chi connectivity index (χ4n) is 6.71. The first-order chi connectivity index (χ1) is 30.7. The molecule has 2 amide bonds. The van der Waals surface area contributed by atoms with Gasteiger partial charge in [0.2, 0.25) is 0 Å². The van der Waals surface area contributed by atoms with E-state index >= 15 is 0 Å². The van der Waals surface area contributed by atoms with Gasteiger partial charge in [0.15, 0.2) is 35.9 Å². The smallest absolute Gasteiger partial charge is 0.484 e. The number of aliphatic imine (C=N–C) groups is 1. The van der Waals surface area contributed by atoms with Crippen molar-refractivity contribution in [2.75, 3.05) is 58.0 Å². The molecule has 0 bridgehead atoms. The van der Waals surface area contributed by atoms with Gasteiger partial charge in [0, 0.05) is 36.8 Å². The number of rotatable bonds is 22. The summed E-state index contributed by atoms with van der Waals surface area (Å²) in [6.07, 6.45) is 7.20. The summed E-state index contributed by atoms with van der Waals surface area (Å²) in [5.74, 6) is 0.204. The number of nitrogens with one attached hydrogen (secondary N) is 3. The molecule has 1 saturated heterocycles. The molecular weight excluding hydrogens is 839 g/mol. The number of fused-ring (bicyclic) bond motifs is 1. The third kappa shape index (κ3) is 11.5. The van der Waals surface area contributed by atoms with E-state index in [0.717, 1.165) is 14.9 Å². The first-order valence-electron chi connectivity index (χ1n) is 20.3. The molecule has 0 spiro atoms. The van der Waals surface area contributed by atoms with E-state index < -0.39 is 37.8 Å². The molecule has 2 aliphatic heterocycles. The Morgan fingerprint density at radius 3 is 2.56 bits per heavy atom. The van der Waals surface area contributed by atoms with Crippen LogP contribution in [0.1, 0.15) is 30.8 Å². The minimum absolute atomic E-state index is 0.136. The summed E-state index contributed by atoms with van der Waals surface area (Å²) < 4.78 is 52.9. The second-order valence-corrected chi connectivity index (χ2v) is 15.1. The number of carbonyl (C=O) groups is 2. The molecule has 2 aliphatic rings. The zero-order valence-electron chi connectivity index (χ0n) is 34.2. The van der Waals surface area contributed by atoms with Crippen molar-refractivity contribution in [3.8, 4) is 16.3 Å². The third-order valence-electron chi connectivity index (χ3n) is 9.77. The number of nitrogens with zero attached hydrogens (tertiary/aromatic N) is 6. The number of ether oxygens (including phenoxy) is 4. The SMILES string of the molecule is CCNC(=O)[C@H]1O[C@@H](n2cnc3c(NCCOCCOCCCNC(=O)COc4ccc(/C=C/C5=NC(=C\c6ccc(-c7cccs7)n6B(F)F)/C=C5)cc4)ncnc32)[C@H](O)[C@@H]1O. The summed E-state index contributed by atoms with van der Waals surface area (Å²) in [7, 11) is -2.69. The predicted octanol–water partition coefficient (Wildman–Crippen LogP) is 3.98. The minimum atomic E-state index is -2.69. The van der Waals surface area contributed by atoms with Crippen LogP contribution < -0.4 is 20.7 Å². The van der Waals surface area contributed by atoms with E-state index in [2.05, 4.69) is 35.9 Å². The Hall–Kier alpha value is -6.10. The van der Waals surface area contributed by atoms with Gasteiger partial charge in [-0.15, -0.1) is 11.3 Å². The van der Waals surface area contributed by atoms with Crippen LogP contribution in [0.15, 0.2) is 95.5 Å². The van der Waals surface area contributed by atoms with Crippen LogP contribution in [0.5, 0.6) is 5.75 Å². The quantitative estimate of drug-likeness (QED) is 0.0494. The number of imidazole rings is 1. The molecule has 17 nitrogen and oxygen atoms in total. The highest BCUT2D eigenvalue weighted by atomic mass is 32.1. The van der Waals surface area contributed by atoms with Crippen molar-refractivity contribution in [3.05, 3.63) is 102 Å². The Balaban J connectivity index is 0.736. The molecule has 7 rings (SSSR count). The van der Waals surface area contributed by atoms with Gasteiger partial charge in [-0.05, 0) is 78.9 Å². The minimum Gasteiger partial charge on any atom is -0.484 e. The monoisotopic (exact) mass is 885 g/mol. The fraction of sp³-hybridized carbons (Fsp3) is 0.333. The molecule has 5 N–H and O–H groups in total. The number of anilines is 1. The average molecular weight is 886 g/mol. The second-order valence-electron chi connectivity index (χ2n) is 14.1. The number of aliphatic hydroxyl groups excluding tert-OH is 2. The zero-order chi connectivity index (χ0) is 44.1. The summed E-state index contributed by atoms with van der Waals surface area (Å²) in [4.78, 5) is 42.7. The highest BCUT2D eigenvalue weighted by Gasteiger charge is 2.47. The normalized spacial score (nSPS) is 19.0. The number of thiophene rings is 1. The highest BCUT2D eigenvalue weighted by molar-refractivity contribution is 7.13. The molecule has 4 aromatic heterocycles. The van der Waals surface area contributed by atoms with E-state index in [1.165, 1.54) is 28.6 Å². The number of allylic oxidation sites excluding steroid dienone is 3. The summed E-state index contributed by atoms with van der Waals surface area (Å²) >= 11 is 1.41. The molecule has 0 saturated carbocycles. The Labute approximate surface area is 365 Å². The predicted molar refractivity (Wildman–Crippen MR) is 234 cm³/mol. The molecule has 1 aromatic carbocycles. The van der Waals surface area contributed by atoms with Crippen LogP contribution in [0.3, 0.4) is 0 Å². The molecule has 21 heteroatoms. The van der Waals surface area contributed by atoms with Gasteiger partial charge in [-0.3, -0.25) is 22.8 Å². The topological polar surface area (TPSA) is 208 Å². The molecule has 63 heavy (non-hydrogen) atoms. The largest absolute Gasteiger partial charge is 0.678 e. The molecule has 0 radical (unpaired) electrons. The van der Waals surface area contributed by atoms with Crippen LogP contribution in [0.2, 0.25) is 0 Å². The van der Waals surface area contributed by atoms with Gasteiger partial charge in [0.25, 0.3) is 11.8 Å². The molecule has 1 fully saturated rings. The van der Waals surface area contributed by atoms with Gasteiger partial charge < -0.3 is 49.6 Å². The fourth-order valence-corrected chi connectivity index (χ4v) is 7.46. The Morgan fingerprint density at radius 2 is 1.78 bits per heavy atom. The van der Waals surface area contributed by atoms with E-state index in [1.54, 1.807) is 43.3 Å². The summed E-state index contributed by atoms with van der Waals surface area (Å²) in [6.45, 7) is 4.31. The van der Waals surface area contributed by atoms with E-state index in [0.29, 0.717) is 98.0 Å². The van der Waals surface area contributed by atoms with Crippen molar-refractivity contribution in [1.82, 2.24) is 34.6 Å². The van der Waals surface area contributed by atoms with Crippen molar-refractivity contribution in [2.45, 2.75) is 37.9 Å². The maximum Gasteiger partial charge on any atom is 0.678 e. The summed E-state index contributed by atoms with van der Waals surface area (Å²) in [6, 6.07) is 14.3. The highest BCUT2D eigenvalue weighted by Crippen LogP contribution is 2.33. The Morgan fingerprint density at radius 1 is 0.952 bits per heavy atom. The first kappa shape index (κ1) is 44.9. The number of aromatic nitrogens is 5. The number of amides is 2. The molecule has 6 heterocycles. The first-order valence-corrected chi connectivity index (χ1v) is 21.1. The number of likely N-dealkylation sites (N-methyl/N-ethyl adjacent to an activating group) is 1. The van der Waals surface area contributed by atoms with Gasteiger partial charge in [0.1, 0.15) is 24.3 Å². The van der Waals surface area contributed by atoms with Gasteiger partial charge in [-0.1, -0.05) is 24.3 Å². The lowest BCUT2D eigenvalue weighted by Gasteiger charge is -2.16. The maximum absolute atomic E-state index is 14.0. The second kappa shape index (κ2) is 21.8. The number of hydrogen-bond acceptors (Lipinski definition) is 14. The van der Waals surface area contributed by atoms with Crippen molar-refractivity contribution < 1.29 is 47.4 Å². The van der Waals surface area contributed by atoms with E-state index in [9.17, 15) is 28.4 Å². The van der Waals surface area contributed by atoms with Gasteiger partial charge in [-0.2, -0.15) is 0 Å². The van der Waals surface area contributed by atoms with E-state index in [-0.39, 0.29) is 12.5 Å². The van der Waals surface area contributed by atoms with Crippen LogP contribution in [-0.2, 0) is 23.8 Å². The van der Waals surface area contributed by atoms with E-state index in [1.807, 2.05) is 47.9 Å². The van der Waals surface area contributed by atoms with Gasteiger partial charge >= 0.3 is 7.40 Å². The number of carbonyl (C=O) groups excluding carboxylic acids is 2. The third-order valence-corrected chi connectivity index (χ3v) is 10.7. The zero-order valence-corrected chi connectivity index (χ0v) is 35.0. The number of aliphatic hydroxyl groups is 2. The lowest BCUT2D eigenvalue weighted by atomic mass is 10.1. The molecule has 330 valence electrons. The lowest BCUT2D eigenvalue weighted by Crippen LogP contribution is -2.42. The van der Waals surface area contributed by atoms with Crippen LogP contribution in [-0.4, -0.2) is 130 Å². The van der Waals surface area contributed by atoms with Crippen LogP contribution in [0, 0.1) is 0 Å². The Kier molecular flexibility index (Phi) is 15.6. The van der Waals surface area contributed by atoms with Crippen LogP contribution in [0.4, 0.5) is 14.4 Å². The van der Waals surface area contributed by atoms with Crippen molar-refractivity contribution in [1.29, 1.82) is 0 Å². The Bertz CT molecular complexity index is 2440.